The summed E-state index contributed by atoms with van der Waals surface area (Å²) in [5.74, 6) is -1.41. The number of morpholine rings is 1. The smallest absolute Gasteiger partial charge is 0.319 e. The maximum atomic E-state index is 11.7. The van der Waals surface area contributed by atoms with Crippen LogP contribution in [0.4, 0.5) is 0 Å². The van der Waals surface area contributed by atoms with E-state index >= 15 is 0 Å². The predicted molar refractivity (Wildman–Crippen MR) is 49.8 cm³/mol. The lowest BCUT2D eigenvalue weighted by molar-refractivity contribution is -0.151. The molecule has 2 N–H and O–H groups in total. The number of amides is 1. The third-order valence-electron chi connectivity index (χ3n) is 2.86. The highest BCUT2D eigenvalue weighted by Gasteiger charge is 2.57. The molecule has 0 unspecified atom stereocenters. The molecule has 1 heterocycles. The number of aliphatic carboxylic acids is 1. The minimum atomic E-state index is -1.15. The number of carboxylic acids is 1. The minimum Gasteiger partial charge on any atom is -0.480 e. The Labute approximate surface area is 87.2 Å². The van der Waals surface area contributed by atoms with Crippen LogP contribution >= 0.6 is 0 Å². The summed E-state index contributed by atoms with van der Waals surface area (Å²) in [5, 5.41) is 10.6. The number of hydrogen-bond donors (Lipinski definition) is 2. The second-order valence-corrected chi connectivity index (χ2v) is 3.93. The number of carbonyl (C=O) groups excluding carboxylic acids is 1. The molecule has 0 aromatic carbocycles. The zero-order chi connectivity index (χ0) is 10.9. The van der Waals surface area contributed by atoms with Crippen LogP contribution in [0.1, 0.15) is 12.8 Å². The Hall–Kier alpha value is -1.14. The van der Waals surface area contributed by atoms with E-state index in [1.54, 1.807) is 5.01 Å². The molecule has 15 heavy (non-hydrogen) atoms. The SMILES string of the molecule is O=C(O)C1(C(=O)NN2CCOCC2)CC1. The Morgan fingerprint density at radius 1 is 1.27 bits per heavy atom. The molecule has 6 nitrogen and oxygen atoms in total. The molecule has 0 bridgehead atoms. The van der Waals surface area contributed by atoms with E-state index < -0.39 is 17.3 Å². The predicted octanol–water partition coefficient (Wildman–Crippen LogP) is -0.785. The van der Waals surface area contributed by atoms with Gasteiger partial charge < -0.3 is 9.84 Å². The number of carboxylic acid groups (broad SMARTS) is 1. The lowest BCUT2D eigenvalue weighted by atomic mass is 10.1. The van der Waals surface area contributed by atoms with Gasteiger partial charge in [0.1, 0.15) is 5.41 Å². The second kappa shape index (κ2) is 3.79. The first kappa shape index (κ1) is 10.4. The van der Waals surface area contributed by atoms with E-state index in [2.05, 4.69) is 5.43 Å². The Morgan fingerprint density at radius 2 is 1.87 bits per heavy atom. The highest BCUT2D eigenvalue weighted by molar-refractivity contribution is 6.04. The van der Waals surface area contributed by atoms with Crippen molar-refractivity contribution in [1.29, 1.82) is 0 Å². The highest BCUT2D eigenvalue weighted by Crippen LogP contribution is 2.46. The molecule has 1 aliphatic heterocycles. The molecule has 2 rings (SSSR count). The molecule has 0 aromatic heterocycles. The molecular formula is C9H14N2O4. The lowest BCUT2D eigenvalue weighted by Crippen LogP contribution is -2.51. The number of rotatable bonds is 3. The summed E-state index contributed by atoms with van der Waals surface area (Å²) >= 11 is 0. The Kier molecular flexibility index (Phi) is 2.62. The van der Waals surface area contributed by atoms with E-state index in [4.69, 9.17) is 9.84 Å². The van der Waals surface area contributed by atoms with Crippen LogP contribution in [0.15, 0.2) is 0 Å². The van der Waals surface area contributed by atoms with Crippen molar-refractivity contribution in [1.82, 2.24) is 10.4 Å². The van der Waals surface area contributed by atoms with Gasteiger partial charge in [0.2, 0.25) is 0 Å². The molecule has 1 saturated carbocycles. The van der Waals surface area contributed by atoms with Gasteiger partial charge in [-0.25, -0.2) is 5.01 Å². The molecule has 1 aliphatic carbocycles. The molecule has 0 atom stereocenters. The zero-order valence-electron chi connectivity index (χ0n) is 8.36. The maximum absolute atomic E-state index is 11.7. The molecule has 2 aliphatic rings. The normalized spacial score (nSPS) is 24.5. The Balaban J connectivity index is 1.89. The highest BCUT2D eigenvalue weighted by atomic mass is 16.5. The summed E-state index contributed by atoms with van der Waals surface area (Å²) < 4.78 is 5.12. The van der Waals surface area contributed by atoms with Crippen LogP contribution in [0.3, 0.4) is 0 Å². The standard InChI is InChI=1S/C9H14N2O4/c12-7(9(1-2-9)8(13)14)10-11-3-5-15-6-4-11/h1-6H2,(H,10,12)(H,13,14). The fourth-order valence-electron chi connectivity index (χ4n) is 1.59. The van der Waals surface area contributed by atoms with Crippen LogP contribution in [0.25, 0.3) is 0 Å². The summed E-state index contributed by atoms with van der Waals surface area (Å²) in [6.07, 6.45) is 0.886. The number of hydrazine groups is 1. The summed E-state index contributed by atoms with van der Waals surface area (Å²) in [6.45, 7) is 2.36. The van der Waals surface area contributed by atoms with Crippen LogP contribution in [0, 0.1) is 5.41 Å². The first-order valence-corrected chi connectivity index (χ1v) is 5.02. The largest absolute Gasteiger partial charge is 0.480 e. The fraction of sp³-hybridized carbons (Fsp3) is 0.778. The van der Waals surface area contributed by atoms with Crippen LogP contribution in [0.2, 0.25) is 0 Å². The Bertz CT molecular complexity index is 282. The summed E-state index contributed by atoms with van der Waals surface area (Å²) in [6, 6.07) is 0. The van der Waals surface area contributed by atoms with Crippen molar-refractivity contribution in [3.8, 4) is 0 Å². The van der Waals surface area contributed by atoms with E-state index in [-0.39, 0.29) is 0 Å². The van der Waals surface area contributed by atoms with Crippen molar-refractivity contribution in [2.75, 3.05) is 26.3 Å². The number of nitrogens with zero attached hydrogens (tertiary/aromatic N) is 1. The number of carbonyl (C=O) groups is 2. The number of nitrogens with one attached hydrogen (secondary N) is 1. The zero-order valence-corrected chi connectivity index (χ0v) is 8.36. The first-order valence-electron chi connectivity index (χ1n) is 5.02. The fourth-order valence-corrected chi connectivity index (χ4v) is 1.59. The van der Waals surface area contributed by atoms with Gasteiger partial charge in [0.15, 0.2) is 0 Å². The van der Waals surface area contributed by atoms with Gasteiger partial charge in [-0.3, -0.25) is 15.0 Å². The van der Waals surface area contributed by atoms with Crippen LogP contribution in [-0.4, -0.2) is 48.3 Å². The average molecular weight is 214 g/mol. The summed E-state index contributed by atoms with van der Waals surface area (Å²) in [7, 11) is 0. The van der Waals surface area contributed by atoms with Crippen LogP contribution in [0.5, 0.6) is 0 Å². The van der Waals surface area contributed by atoms with Gasteiger partial charge in [0.05, 0.1) is 13.2 Å². The quantitative estimate of drug-likeness (QED) is 0.602. The molecule has 0 spiro atoms. The molecule has 1 saturated heterocycles. The van der Waals surface area contributed by atoms with Crippen LogP contribution < -0.4 is 5.43 Å². The molecular weight excluding hydrogens is 200 g/mol. The lowest BCUT2D eigenvalue weighted by Gasteiger charge is -2.28. The Morgan fingerprint density at radius 3 is 2.33 bits per heavy atom. The van der Waals surface area contributed by atoms with Gasteiger partial charge in [-0.2, -0.15) is 0 Å². The monoisotopic (exact) mass is 214 g/mol. The first-order chi connectivity index (χ1) is 7.15. The van der Waals surface area contributed by atoms with Gasteiger partial charge in [-0.15, -0.1) is 0 Å². The van der Waals surface area contributed by atoms with Crippen molar-refractivity contribution in [3.05, 3.63) is 0 Å². The summed E-state index contributed by atoms with van der Waals surface area (Å²) in [5.41, 5.74) is 1.48. The second-order valence-electron chi connectivity index (χ2n) is 3.93. The molecule has 0 radical (unpaired) electrons. The van der Waals surface area contributed by atoms with Crippen molar-refractivity contribution in [2.45, 2.75) is 12.8 Å². The van der Waals surface area contributed by atoms with Gasteiger partial charge in [0, 0.05) is 13.1 Å². The van der Waals surface area contributed by atoms with Gasteiger partial charge >= 0.3 is 5.97 Å². The van der Waals surface area contributed by atoms with Gasteiger partial charge in [0.25, 0.3) is 5.91 Å². The molecule has 0 aromatic rings. The van der Waals surface area contributed by atoms with E-state index in [0.717, 1.165) is 0 Å². The molecule has 1 amide bonds. The van der Waals surface area contributed by atoms with E-state index in [0.29, 0.717) is 39.1 Å². The van der Waals surface area contributed by atoms with Crippen molar-refractivity contribution in [2.24, 2.45) is 5.41 Å². The van der Waals surface area contributed by atoms with Gasteiger partial charge in [-0.1, -0.05) is 0 Å². The van der Waals surface area contributed by atoms with Crippen molar-refractivity contribution < 1.29 is 19.4 Å². The number of hydrogen-bond acceptors (Lipinski definition) is 4. The third-order valence-corrected chi connectivity index (χ3v) is 2.86. The topological polar surface area (TPSA) is 78.9 Å². The molecule has 6 heteroatoms. The summed E-state index contributed by atoms with van der Waals surface area (Å²) in [4.78, 5) is 22.5. The minimum absolute atomic E-state index is 0.392. The van der Waals surface area contributed by atoms with Gasteiger partial charge in [-0.05, 0) is 12.8 Å². The molecule has 84 valence electrons. The number of ether oxygens (including phenoxy) is 1. The van der Waals surface area contributed by atoms with E-state index in [9.17, 15) is 9.59 Å². The third kappa shape index (κ3) is 1.95. The van der Waals surface area contributed by atoms with Crippen LogP contribution in [-0.2, 0) is 14.3 Å². The van der Waals surface area contributed by atoms with Crippen molar-refractivity contribution >= 4 is 11.9 Å². The van der Waals surface area contributed by atoms with E-state index in [1.165, 1.54) is 0 Å². The van der Waals surface area contributed by atoms with Crippen molar-refractivity contribution in [3.63, 3.8) is 0 Å². The average Bonchev–Trinajstić information content (AvgIpc) is 2.99. The molecule has 2 fully saturated rings. The van der Waals surface area contributed by atoms with E-state index in [1.807, 2.05) is 0 Å². The maximum Gasteiger partial charge on any atom is 0.319 e.